The number of ether oxygens (including phenoxy) is 2. The molecule has 156 valence electrons. The Kier molecular flexibility index (Phi) is 8.79. The number of methoxy groups -OCH3 is 1. The van der Waals surface area contributed by atoms with Crippen LogP contribution in [0.2, 0.25) is 5.02 Å². The van der Waals surface area contributed by atoms with Crippen LogP contribution in [0.25, 0.3) is 0 Å². The maximum absolute atomic E-state index is 12.9. The predicted molar refractivity (Wildman–Crippen MR) is 116 cm³/mol. The number of hydrogen-bond donors (Lipinski definition) is 1. The van der Waals surface area contributed by atoms with E-state index in [1.807, 2.05) is 31.2 Å². The molecule has 0 radical (unpaired) electrons. The lowest BCUT2D eigenvalue weighted by Gasteiger charge is -2.28. The van der Waals surface area contributed by atoms with Crippen LogP contribution in [-0.2, 0) is 16.1 Å². The molecular formula is C21H24BrClN2O4. The number of halogens is 2. The zero-order chi connectivity index (χ0) is 21.4. The van der Waals surface area contributed by atoms with Crippen LogP contribution >= 0.6 is 27.5 Å². The monoisotopic (exact) mass is 482 g/mol. The van der Waals surface area contributed by atoms with Crippen molar-refractivity contribution in [3.8, 4) is 11.5 Å². The van der Waals surface area contributed by atoms with Gasteiger partial charge in [-0.1, -0.05) is 39.7 Å². The Morgan fingerprint density at radius 2 is 1.90 bits per heavy atom. The fourth-order valence-corrected chi connectivity index (χ4v) is 3.37. The van der Waals surface area contributed by atoms with Crippen molar-refractivity contribution in [2.75, 3.05) is 20.3 Å². The summed E-state index contributed by atoms with van der Waals surface area (Å²) in [6, 6.07) is 11.8. The van der Waals surface area contributed by atoms with Gasteiger partial charge in [0.2, 0.25) is 5.91 Å². The molecule has 0 aliphatic carbocycles. The van der Waals surface area contributed by atoms with Crippen LogP contribution in [0.1, 0.15) is 19.4 Å². The smallest absolute Gasteiger partial charge is 0.261 e. The Hall–Kier alpha value is -2.25. The molecule has 0 saturated carbocycles. The zero-order valence-corrected chi connectivity index (χ0v) is 18.9. The van der Waals surface area contributed by atoms with E-state index in [0.717, 1.165) is 15.8 Å². The molecule has 0 saturated heterocycles. The summed E-state index contributed by atoms with van der Waals surface area (Å²) >= 11 is 9.48. The van der Waals surface area contributed by atoms with E-state index < -0.39 is 6.04 Å². The molecule has 1 N–H and O–H groups in total. The number of likely N-dealkylation sites (N-methyl/N-ethyl adjacent to an activating group) is 1. The molecule has 0 aromatic heterocycles. The minimum absolute atomic E-state index is 0.226. The molecule has 0 bridgehead atoms. The van der Waals surface area contributed by atoms with Crippen LogP contribution in [0.15, 0.2) is 46.9 Å². The summed E-state index contributed by atoms with van der Waals surface area (Å²) in [5.41, 5.74) is 0.872. The Morgan fingerprint density at radius 3 is 2.48 bits per heavy atom. The highest BCUT2D eigenvalue weighted by Crippen LogP contribution is 2.27. The van der Waals surface area contributed by atoms with E-state index in [4.69, 9.17) is 21.1 Å². The predicted octanol–water partition coefficient (Wildman–Crippen LogP) is 4.04. The Morgan fingerprint density at radius 1 is 1.21 bits per heavy atom. The van der Waals surface area contributed by atoms with Crippen molar-refractivity contribution in [3.63, 3.8) is 0 Å². The van der Waals surface area contributed by atoms with Crippen LogP contribution in [0.3, 0.4) is 0 Å². The Labute approximate surface area is 184 Å². The number of nitrogens with one attached hydrogen (secondary N) is 1. The van der Waals surface area contributed by atoms with E-state index in [1.165, 1.54) is 4.90 Å². The third-order valence-corrected chi connectivity index (χ3v) is 5.06. The molecule has 6 nitrogen and oxygen atoms in total. The topological polar surface area (TPSA) is 67.9 Å². The molecule has 0 fully saturated rings. The summed E-state index contributed by atoms with van der Waals surface area (Å²) in [6.07, 6.45) is 0. The van der Waals surface area contributed by atoms with Gasteiger partial charge in [0.05, 0.1) is 12.1 Å². The van der Waals surface area contributed by atoms with Gasteiger partial charge in [-0.2, -0.15) is 0 Å². The summed E-state index contributed by atoms with van der Waals surface area (Å²) in [4.78, 5) is 26.8. The molecule has 8 heteroatoms. The summed E-state index contributed by atoms with van der Waals surface area (Å²) in [7, 11) is 1.59. The molecule has 2 rings (SSSR count). The van der Waals surface area contributed by atoms with E-state index in [1.54, 1.807) is 32.2 Å². The van der Waals surface area contributed by atoms with E-state index >= 15 is 0 Å². The van der Waals surface area contributed by atoms with Gasteiger partial charge in [-0.25, -0.2) is 0 Å². The molecule has 29 heavy (non-hydrogen) atoms. The highest BCUT2D eigenvalue weighted by Gasteiger charge is 2.26. The summed E-state index contributed by atoms with van der Waals surface area (Å²) in [6.45, 7) is 4.04. The maximum atomic E-state index is 12.9. The molecule has 2 aromatic carbocycles. The van der Waals surface area contributed by atoms with Crippen molar-refractivity contribution < 1.29 is 19.1 Å². The SMILES string of the molecule is CCNC(=O)[C@H](C)N(Cc1ccc(OC)cc1)C(=O)COc1ccc(Br)cc1Cl. The Bertz CT molecular complexity index is 845. The van der Waals surface area contributed by atoms with Gasteiger partial charge in [0.25, 0.3) is 5.91 Å². The van der Waals surface area contributed by atoms with Crippen LogP contribution in [0.5, 0.6) is 11.5 Å². The number of rotatable bonds is 9. The number of nitrogens with zero attached hydrogens (tertiary/aromatic N) is 1. The highest BCUT2D eigenvalue weighted by molar-refractivity contribution is 9.10. The molecule has 0 aliphatic heterocycles. The van der Waals surface area contributed by atoms with Gasteiger partial charge >= 0.3 is 0 Å². The second kappa shape index (κ2) is 11.1. The number of carbonyl (C=O) groups is 2. The third-order valence-electron chi connectivity index (χ3n) is 4.28. The lowest BCUT2D eigenvalue weighted by Crippen LogP contribution is -2.49. The molecule has 0 aliphatic rings. The molecule has 2 amide bonds. The van der Waals surface area contributed by atoms with E-state index in [9.17, 15) is 9.59 Å². The average molecular weight is 484 g/mol. The summed E-state index contributed by atoms with van der Waals surface area (Å²) in [5, 5.41) is 3.15. The van der Waals surface area contributed by atoms with Gasteiger partial charge in [0, 0.05) is 17.6 Å². The van der Waals surface area contributed by atoms with Crippen molar-refractivity contribution in [3.05, 3.63) is 57.5 Å². The molecule has 0 spiro atoms. The van der Waals surface area contributed by atoms with Gasteiger partial charge in [-0.05, 0) is 49.7 Å². The third kappa shape index (κ3) is 6.65. The average Bonchev–Trinajstić information content (AvgIpc) is 2.71. The van der Waals surface area contributed by atoms with Crippen LogP contribution in [0, 0.1) is 0 Å². The minimum atomic E-state index is -0.659. The first-order valence-corrected chi connectivity index (χ1v) is 10.3. The van der Waals surface area contributed by atoms with Crippen molar-refractivity contribution in [2.24, 2.45) is 0 Å². The van der Waals surface area contributed by atoms with Crippen molar-refractivity contribution in [1.82, 2.24) is 10.2 Å². The van der Waals surface area contributed by atoms with Gasteiger partial charge in [0.15, 0.2) is 6.61 Å². The summed E-state index contributed by atoms with van der Waals surface area (Å²) < 4.78 is 11.6. The van der Waals surface area contributed by atoms with E-state index in [-0.39, 0.29) is 25.0 Å². The highest BCUT2D eigenvalue weighted by atomic mass is 79.9. The molecule has 2 aromatic rings. The standard InChI is InChI=1S/C21H24BrClN2O4/c1-4-24-21(27)14(2)25(12-15-5-8-17(28-3)9-6-15)20(26)13-29-19-10-7-16(22)11-18(19)23/h5-11,14H,4,12-13H2,1-3H3,(H,24,27)/t14-/m0/s1. The largest absolute Gasteiger partial charge is 0.497 e. The maximum Gasteiger partial charge on any atom is 0.261 e. The number of benzene rings is 2. The quantitative estimate of drug-likeness (QED) is 0.584. The van der Waals surface area contributed by atoms with Crippen LogP contribution < -0.4 is 14.8 Å². The van der Waals surface area contributed by atoms with E-state index in [0.29, 0.717) is 17.3 Å². The first-order valence-electron chi connectivity index (χ1n) is 9.13. The number of carbonyl (C=O) groups excluding carboxylic acids is 2. The number of hydrogen-bond acceptors (Lipinski definition) is 4. The van der Waals surface area contributed by atoms with Crippen LogP contribution in [-0.4, -0.2) is 43.0 Å². The van der Waals surface area contributed by atoms with Gasteiger partial charge in [-0.15, -0.1) is 0 Å². The molecule has 0 unspecified atom stereocenters. The fraction of sp³-hybridized carbons (Fsp3) is 0.333. The normalized spacial score (nSPS) is 11.5. The second-order valence-electron chi connectivity index (χ2n) is 6.30. The van der Waals surface area contributed by atoms with Gasteiger partial charge in [0.1, 0.15) is 17.5 Å². The van der Waals surface area contributed by atoms with Gasteiger partial charge < -0.3 is 19.7 Å². The lowest BCUT2D eigenvalue weighted by atomic mass is 10.1. The molecular weight excluding hydrogens is 460 g/mol. The Balaban J connectivity index is 2.15. The first kappa shape index (κ1) is 23.0. The molecule has 0 heterocycles. The van der Waals surface area contributed by atoms with Gasteiger partial charge in [-0.3, -0.25) is 9.59 Å². The van der Waals surface area contributed by atoms with Crippen LogP contribution in [0.4, 0.5) is 0 Å². The molecule has 1 atom stereocenters. The summed E-state index contributed by atoms with van der Waals surface area (Å²) in [5.74, 6) is 0.574. The van der Waals surface area contributed by atoms with Crippen molar-refractivity contribution in [2.45, 2.75) is 26.4 Å². The van der Waals surface area contributed by atoms with E-state index in [2.05, 4.69) is 21.2 Å². The van der Waals surface area contributed by atoms with Crippen molar-refractivity contribution in [1.29, 1.82) is 0 Å². The second-order valence-corrected chi connectivity index (χ2v) is 7.63. The minimum Gasteiger partial charge on any atom is -0.497 e. The fourth-order valence-electron chi connectivity index (χ4n) is 2.65. The lowest BCUT2D eigenvalue weighted by molar-refractivity contribution is -0.142. The van der Waals surface area contributed by atoms with Crippen molar-refractivity contribution >= 4 is 39.3 Å². The first-order chi connectivity index (χ1) is 13.8. The number of amides is 2. The zero-order valence-electron chi connectivity index (χ0n) is 16.6.